The van der Waals surface area contributed by atoms with Crippen LogP contribution >= 0.6 is 11.6 Å². The van der Waals surface area contributed by atoms with Gasteiger partial charge in [-0.1, -0.05) is 23.7 Å². The predicted molar refractivity (Wildman–Crippen MR) is 81.3 cm³/mol. The van der Waals surface area contributed by atoms with E-state index in [4.69, 9.17) is 11.6 Å². The van der Waals surface area contributed by atoms with E-state index in [1.54, 1.807) is 7.05 Å². The van der Waals surface area contributed by atoms with E-state index >= 15 is 0 Å². The molecule has 1 aromatic carbocycles. The average Bonchev–Trinajstić information content (AvgIpc) is 3.01. The third kappa shape index (κ3) is 2.54. The normalized spacial score (nSPS) is 14.6. The highest BCUT2D eigenvalue weighted by Crippen LogP contribution is 2.27. The zero-order valence-corrected chi connectivity index (χ0v) is 12.1. The first-order valence-corrected chi connectivity index (χ1v) is 7.09. The van der Waals surface area contributed by atoms with Crippen molar-refractivity contribution in [2.75, 3.05) is 30.4 Å². The number of anilines is 2. The van der Waals surface area contributed by atoms with E-state index in [0.29, 0.717) is 16.8 Å². The maximum atomic E-state index is 6.23. The van der Waals surface area contributed by atoms with Crippen molar-refractivity contribution in [3.05, 3.63) is 29.3 Å². The molecule has 3 rings (SSSR count). The van der Waals surface area contributed by atoms with Crippen molar-refractivity contribution in [3.63, 3.8) is 0 Å². The van der Waals surface area contributed by atoms with Gasteiger partial charge in [-0.3, -0.25) is 0 Å². The van der Waals surface area contributed by atoms with Crippen LogP contribution in [-0.2, 0) is 0 Å². The molecule has 1 N–H and O–H groups in total. The second kappa shape index (κ2) is 5.63. The molecule has 1 fully saturated rings. The smallest absolute Gasteiger partial charge is 0.230 e. The van der Waals surface area contributed by atoms with Crippen LogP contribution < -0.4 is 10.2 Å². The molecule has 1 aromatic heterocycles. The fourth-order valence-electron chi connectivity index (χ4n) is 2.30. The van der Waals surface area contributed by atoms with Gasteiger partial charge in [-0.2, -0.15) is 15.0 Å². The number of hydrogen-bond acceptors (Lipinski definition) is 5. The molecular weight excluding hydrogens is 274 g/mol. The molecule has 0 radical (unpaired) electrons. The van der Waals surface area contributed by atoms with E-state index in [9.17, 15) is 0 Å². The van der Waals surface area contributed by atoms with Crippen LogP contribution in [-0.4, -0.2) is 35.1 Å². The van der Waals surface area contributed by atoms with Gasteiger partial charge in [0, 0.05) is 25.7 Å². The molecule has 0 unspecified atom stereocenters. The number of rotatable bonds is 3. The third-order valence-corrected chi connectivity index (χ3v) is 3.68. The molecule has 1 saturated heterocycles. The number of hydrogen-bond donors (Lipinski definition) is 1. The minimum absolute atomic E-state index is 0.566. The van der Waals surface area contributed by atoms with E-state index in [-0.39, 0.29) is 0 Å². The Labute approximate surface area is 123 Å². The SMILES string of the molecule is CNc1nc(-c2ccccc2Cl)nc(N2CCCC2)n1. The molecule has 0 saturated carbocycles. The first-order chi connectivity index (χ1) is 9.78. The molecule has 2 aromatic rings. The highest BCUT2D eigenvalue weighted by molar-refractivity contribution is 6.33. The maximum absolute atomic E-state index is 6.23. The van der Waals surface area contributed by atoms with E-state index in [1.807, 2.05) is 24.3 Å². The molecule has 0 atom stereocenters. The lowest BCUT2D eigenvalue weighted by Gasteiger charge is -2.16. The van der Waals surface area contributed by atoms with Gasteiger partial charge in [0.15, 0.2) is 5.82 Å². The quantitative estimate of drug-likeness (QED) is 0.941. The Morgan fingerprint density at radius 3 is 2.55 bits per heavy atom. The molecule has 0 aliphatic carbocycles. The zero-order valence-electron chi connectivity index (χ0n) is 11.3. The van der Waals surface area contributed by atoms with Gasteiger partial charge >= 0.3 is 0 Å². The number of nitrogens with zero attached hydrogens (tertiary/aromatic N) is 4. The van der Waals surface area contributed by atoms with E-state index in [1.165, 1.54) is 12.8 Å². The van der Waals surface area contributed by atoms with Crippen molar-refractivity contribution >= 4 is 23.5 Å². The Morgan fingerprint density at radius 1 is 1.10 bits per heavy atom. The second-order valence-corrected chi connectivity index (χ2v) is 5.11. The Balaban J connectivity index is 2.06. The van der Waals surface area contributed by atoms with E-state index in [2.05, 4.69) is 25.2 Å². The Bertz CT molecular complexity index is 610. The molecule has 1 aliphatic heterocycles. The Hall–Kier alpha value is -1.88. The minimum Gasteiger partial charge on any atom is -0.357 e. The van der Waals surface area contributed by atoms with Crippen LogP contribution in [0.1, 0.15) is 12.8 Å². The summed E-state index contributed by atoms with van der Waals surface area (Å²) in [7, 11) is 1.81. The van der Waals surface area contributed by atoms with Crippen molar-refractivity contribution in [1.29, 1.82) is 0 Å². The topological polar surface area (TPSA) is 53.9 Å². The van der Waals surface area contributed by atoms with Gasteiger partial charge in [-0.25, -0.2) is 0 Å². The second-order valence-electron chi connectivity index (χ2n) is 4.71. The predicted octanol–water partition coefficient (Wildman–Crippen LogP) is 2.83. The summed E-state index contributed by atoms with van der Waals surface area (Å²) in [6.07, 6.45) is 2.37. The molecular formula is C14H16ClN5. The molecule has 104 valence electrons. The lowest BCUT2D eigenvalue weighted by Crippen LogP contribution is -2.21. The standard InChI is InChI=1S/C14H16ClN5/c1-16-13-17-12(10-6-2-3-7-11(10)15)18-14(19-13)20-8-4-5-9-20/h2-3,6-7H,4-5,8-9H2,1H3,(H,16,17,18,19). The molecule has 20 heavy (non-hydrogen) atoms. The summed E-state index contributed by atoms with van der Waals surface area (Å²) in [5, 5.41) is 3.63. The van der Waals surface area contributed by atoms with Crippen molar-refractivity contribution in [2.24, 2.45) is 0 Å². The van der Waals surface area contributed by atoms with E-state index in [0.717, 1.165) is 24.6 Å². The van der Waals surface area contributed by atoms with Gasteiger partial charge in [0.25, 0.3) is 0 Å². The maximum Gasteiger partial charge on any atom is 0.230 e. The molecule has 2 heterocycles. The molecule has 0 spiro atoms. The van der Waals surface area contributed by atoms with Crippen molar-refractivity contribution in [3.8, 4) is 11.4 Å². The lowest BCUT2D eigenvalue weighted by molar-refractivity contribution is 0.885. The number of aromatic nitrogens is 3. The van der Waals surface area contributed by atoms with Crippen LogP contribution in [0.2, 0.25) is 5.02 Å². The van der Waals surface area contributed by atoms with Gasteiger partial charge in [0.1, 0.15) is 0 Å². The highest BCUT2D eigenvalue weighted by atomic mass is 35.5. The Morgan fingerprint density at radius 2 is 1.85 bits per heavy atom. The number of halogens is 1. The van der Waals surface area contributed by atoms with Crippen LogP contribution in [0.25, 0.3) is 11.4 Å². The fourth-order valence-corrected chi connectivity index (χ4v) is 2.52. The van der Waals surface area contributed by atoms with Crippen molar-refractivity contribution < 1.29 is 0 Å². The highest BCUT2D eigenvalue weighted by Gasteiger charge is 2.18. The Kier molecular flexibility index (Phi) is 3.69. The summed E-state index contributed by atoms with van der Waals surface area (Å²) < 4.78 is 0. The van der Waals surface area contributed by atoms with Gasteiger partial charge in [0.05, 0.1) is 5.02 Å². The fraction of sp³-hybridized carbons (Fsp3) is 0.357. The summed E-state index contributed by atoms with van der Waals surface area (Å²) in [5.41, 5.74) is 0.827. The molecule has 1 aliphatic rings. The molecule has 0 amide bonds. The van der Waals surface area contributed by atoms with Gasteiger partial charge in [0.2, 0.25) is 11.9 Å². The number of benzene rings is 1. The molecule has 6 heteroatoms. The first kappa shape index (κ1) is 13.1. The van der Waals surface area contributed by atoms with Crippen LogP contribution in [0.4, 0.5) is 11.9 Å². The van der Waals surface area contributed by atoms with E-state index < -0.39 is 0 Å². The summed E-state index contributed by atoms with van der Waals surface area (Å²) in [6.45, 7) is 1.99. The first-order valence-electron chi connectivity index (χ1n) is 6.71. The molecule has 5 nitrogen and oxygen atoms in total. The van der Waals surface area contributed by atoms with Crippen molar-refractivity contribution in [2.45, 2.75) is 12.8 Å². The largest absolute Gasteiger partial charge is 0.357 e. The summed E-state index contributed by atoms with van der Waals surface area (Å²) in [6, 6.07) is 7.59. The van der Waals surface area contributed by atoms with Gasteiger partial charge in [-0.05, 0) is 25.0 Å². The lowest BCUT2D eigenvalue weighted by atomic mass is 10.2. The van der Waals surface area contributed by atoms with Crippen LogP contribution in [0, 0.1) is 0 Å². The summed E-state index contributed by atoms with van der Waals surface area (Å²) >= 11 is 6.23. The minimum atomic E-state index is 0.566. The van der Waals surface area contributed by atoms with Gasteiger partial charge < -0.3 is 10.2 Å². The van der Waals surface area contributed by atoms with Crippen LogP contribution in [0.3, 0.4) is 0 Å². The summed E-state index contributed by atoms with van der Waals surface area (Å²) in [4.78, 5) is 15.6. The molecule has 0 bridgehead atoms. The van der Waals surface area contributed by atoms with Crippen molar-refractivity contribution in [1.82, 2.24) is 15.0 Å². The summed E-state index contributed by atoms with van der Waals surface area (Å²) in [5.74, 6) is 1.89. The van der Waals surface area contributed by atoms with Gasteiger partial charge in [-0.15, -0.1) is 0 Å². The van der Waals surface area contributed by atoms with Crippen LogP contribution in [0.5, 0.6) is 0 Å². The number of nitrogens with one attached hydrogen (secondary N) is 1. The van der Waals surface area contributed by atoms with Crippen LogP contribution in [0.15, 0.2) is 24.3 Å². The zero-order chi connectivity index (χ0) is 13.9. The average molecular weight is 290 g/mol. The monoisotopic (exact) mass is 289 g/mol. The third-order valence-electron chi connectivity index (χ3n) is 3.35.